The van der Waals surface area contributed by atoms with Crippen molar-refractivity contribution < 1.29 is 0 Å². The van der Waals surface area contributed by atoms with E-state index < -0.39 is 0 Å². The van der Waals surface area contributed by atoms with Gasteiger partial charge in [0.1, 0.15) is 0 Å². The maximum Gasteiger partial charge on any atom is 0.0651 e. The molecule has 1 atom stereocenters. The molecule has 4 rings (SSSR count). The van der Waals surface area contributed by atoms with Crippen molar-refractivity contribution in [2.45, 2.75) is 18.9 Å². The van der Waals surface area contributed by atoms with Crippen LogP contribution in [0.25, 0.3) is 10.9 Å². The summed E-state index contributed by atoms with van der Waals surface area (Å²) in [6.45, 7) is 2.10. The summed E-state index contributed by atoms with van der Waals surface area (Å²) in [5, 5.41) is 12.7. The molecular weight excluding hydrogens is 308 g/mol. The van der Waals surface area contributed by atoms with Crippen molar-refractivity contribution in [3.8, 4) is 0 Å². The second-order valence-corrected chi connectivity index (χ2v) is 6.51. The highest BCUT2D eigenvalue weighted by Gasteiger charge is 2.20. The van der Waals surface area contributed by atoms with Gasteiger partial charge in [0.2, 0.25) is 0 Å². The van der Waals surface area contributed by atoms with Gasteiger partial charge >= 0.3 is 0 Å². The minimum atomic E-state index is 0.448. The fourth-order valence-corrected chi connectivity index (χ4v) is 3.38. The molecule has 2 N–H and O–H groups in total. The number of H-pyrrole nitrogens is 1. The number of anilines is 2. The highest BCUT2D eigenvalue weighted by atomic mass is 35.5. The first-order chi connectivity index (χ1) is 11.3. The summed E-state index contributed by atoms with van der Waals surface area (Å²) in [5.41, 5.74) is 3.47. The summed E-state index contributed by atoms with van der Waals surface area (Å²) in [5.74, 6) is 0. The normalized spacial score (nSPS) is 18.3. The number of piperidine rings is 1. The standard InChI is InChI=1S/C18H19ClN4/c19-14-3-6-17(7-4-14)23-9-1-2-16(12-23)21-15-5-8-18-13(10-15)11-20-22-18/h3-8,10-11,16,21H,1-2,9,12H2,(H,20,22). The number of aromatic nitrogens is 2. The molecule has 0 bridgehead atoms. The lowest BCUT2D eigenvalue weighted by molar-refractivity contribution is 0.530. The van der Waals surface area contributed by atoms with Crippen molar-refractivity contribution >= 4 is 33.9 Å². The van der Waals surface area contributed by atoms with Gasteiger partial charge in [0.15, 0.2) is 0 Å². The summed E-state index contributed by atoms with van der Waals surface area (Å²) in [6.07, 6.45) is 4.24. The van der Waals surface area contributed by atoms with Gasteiger partial charge in [-0.3, -0.25) is 5.10 Å². The Morgan fingerprint density at radius 1 is 1.17 bits per heavy atom. The van der Waals surface area contributed by atoms with Crippen LogP contribution in [0.15, 0.2) is 48.7 Å². The van der Waals surface area contributed by atoms with Crippen LogP contribution in [0.5, 0.6) is 0 Å². The summed E-state index contributed by atoms with van der Waals surface area (Å²) in [7, 11) is 0. The van der Waals surface area contributed by atoms with E-state index in [-0.39, 0.29) is 0 Å². The van der Waals surface area contributed by atoms with Gasteiger partial charge in [-0.2, -0.15) is 5.10 Å². The first-order valence-corrected chi connectivity index (χ1v) is 8.36. The van der Waals surface area contributed by atoms with Crippen molar-refractivity contribution in [3.63, 3.8) is 0 Å². The molecular formula is C18H19ClN4. The van der Waals surface area contributed by atoms with Crippen molar-refractivity contribution in [2.24, 2.45) is 0 Å². The van der Waals surface area contributed by atoms with Gasteiger partial charge in [-0.05, 0) is 55.3 Å². The third-order valence-electron chi connectivity index (χ3n) is 4.42. The minimum Gasteiger partial charge on any atom is -0.381 e. The number of nitrogens with zero attached hydrogens (tertiary/aromatic N) is 2. The van der Waals surface area contributed by atoms with E-state index in [0.717, 1.165) is 34.7 Å². The van der Waals surface area contributed by atoms with E-state index in [0.29, 0.717) is 6.04 Å². The van der Waals surface area contributed by atoms with Crippen LogP contribution in [0.2, 0.25) is 5.02 Å². The number of halogens is 1. The molecule has 1 aliphatic heterocycles. The monoisotopic (exact) mass is 326 g/mol. The highest BCUT2D eigenvalue weighted by molar-refractivity contribution is 6.30. The Kier molecular flexibility index (Phi) is 3.83. The van der Waals surface area contributed by atoms with Crippen LogP contribution in [-0.4, -0.2) is 29.3 Å². The Labute approximate surface area is 140 Å². The number of nitrogens with one attached hydrogen (secondary N) is 2. The third-order valence-corrected chi connectivity index (χ3v) is 4.68. The molecule has 1 aromatic heterocycles. The Morgan fingerprint density at radius 2 is 2.04 bits per heavy atom. The lowest BCUT2D eigenvalue weighted by atomic mass is 10.0. The van der Waals surface area contributed by atoms with Crippen LogP contribution in [0, 0.1) is 0 Å². The summed E-state index contributed by atoms with van der Waals surface area (Å²) in [6, 6.07) is 14.9. The number of hydrogen-bond donors (Lipinski definition) is 2. The van der Waals surface area contributed by atoms with Crippen molar-refractivity contribution in [1.29, 1.82) is 0 Å². The van der Waals surface area contributed by atoms with Crippen LogP contribution in [-0.2, 0) is 0 Å². The average Bonchev–Trinajstić information content (AvgIpc) is 3.03. The van der Waals surface area contributed by atoms with Crippen LogP contribution in [0.4, 0.5) is 11.4 Å². The zero-order valence-electron chi connectivity index (χ0n) is 12.8. The van der Waals surface area contributed by atoms with Gasteiger partial charge in [-0.15, -0.1) is 0 Å². The Balaban J connectivity index is 1.47. The summed E-state index contributed by atoms with van der Waals surface area (Å²) < 4.78 is 0. The molecule has 0 aliphatic carbocycles. The summed E-state index contributed by atoms with van der Waals surface area (Å²) in [4.78, 5) is 2.42. The topological polar surface area (TPSA) is 44.0 Å². The predicted octanol–water partition coefficient (Wildman–Crippen LogP) is 4.30. The second kappa shape index (κ2) is 6.13. The van der Waals surface area contributed by atoms with Crippen molar-refractivity contribution in [1.82, 2.24) is 10.2 Å². The van der Waals surface area contributed by atoms with E-state index in [1.54, 1.807) is 0 Å². The molecule has 3 aromatic rings. The first-order valence-electron chi connectivity index (χ1n) is 7.98. The van der Waals surface area contributed by atoms with E-state index in [4.69, 9.17) is 11.6 Å². The van der Waals surface area contributed by atoms with Crippen LogP contribution in [0.1, 0.15) is 12.8 Å². The number of aromatic amines is 1. The third kappa shape index (κ3) is 3.13. The van der Waals surface area contributed by atoms with Gasteiger partial charge in [-0.1, -0.05) is 11.6 Å². The fraction of sp³-hybridized carbons (Fsp3) is 0.278. The largest absolute Gasteiger partial charge is 0.381 e. The zero-order chi connectivity index (χ0) is 15.6. The van der Waals surface area contributed by atoms with Gasteiger partial charge in [-0.25, -0.2) is 0 Å². The lowest BCUT2D eigenvalue weighted by Gasteiger charge is -2.35. The number of benzene rings is 2. The van der Waals surface area contributed by atoms with Crippen molar-refractivity contribution in [3.05, 3.63) is 53.7 Å². The van der Waals surface area contributed by atoms with Gasteiger partial charge in [0.25, 0.3) is 0 Å². The molecule has 1 unspecified atom stereocenters. The Bertz CT molecular complexity index is 796. The Hall–Kier alpha value is -2.20. The maximum absolute atomic E-state index is 5.99. The molecule has 1 aliphatic rings. The predicted molar refractivity (Wildman–Crippen MR) is 96.4 cm³/mol. The quantitative estimate of drug-likeness (QED) is 0.754. The van der Waals surface area contributed by atoms with Gasteiger partial charge in [0.05, 0.1) is 11.7 Å². The molecule has 1 saturated heterocycles. The number of rotatable bonds is 3. The first kappa shape index (κ1) is 14.4. The molecule has 0 saturated carbocycles. The average molecular weight is 327 g/mol. The lowest BCUT2D eigenvalue weighted by Crippen LogP contribution is -2.42. The molecule has 23 heavy (non-hydrogen) atoms. The molecule has 1 fully saturated rings. The molecule has 5 heteroatoms. The van der Waals surface area contributed by atoms with Crippen LogP contribution >= 0.6 is 11.6 Å². The van der Waals surface area contributed by atoms with E-state index in [1.165, 1.54) is 18.5 Å². The molecule has 118 valence electrons. The maximum atomic E-state index is 5.99. The number of hydrogen-bond acceptors (Lipinski definition) is 3. The number of fused-ring (bicyclic) bond motifs is 1. The van der Waals surface area contributed by atoms with Crippen molar-refractivity contribution in [2.75, 3.05) is 23.3 Å². The molecule has 0 radical (unpaired) electrons. The minimum absolute atomic E-state index is 0.448. The molecule has 2 heterocycles. The van der Waals surface area contributed by atoms with E-state index in [2.05, 4.69) is 50.7 Å². The highest BCUT2D eigenvalue weighted by Crippen LogP contribution is 2.24. The van der Waals surface area contributed by atoms with Gasteiger partial charge < -0.3 is 10.2 Å². The van der Waals surface area contributed by atoms with E-state index in [9.17, 15) is 0 Å². The van der Waals surface area contributed by atoms with Crippen LogP contribution < -0.4 is 10.2 Å². The molecule has 2 aromatic carbocycles. The van der Waals surface area contributed by atoms with E-state index >= 15 is 0 Å². The van der Waals surface area contributed by atoms with E-state index in [1.807, 2.05) is 18.3 Å². The zero-order valence-corrected chi connectivity index (χ0v) is 13.6. The van der Waals surface area contributed by atoms with Gasteiger partial charge in [0, 0.05) is 40.9 Å². The molecule has 0 amide bonds. The smallest absolute Gasteiger partial charge is 0.0651 e. The van der Waals surface area contributed by atoms with Crippen LogP contribution in [0.3, 0.4) is 0 Å². The fourth-order valence-electron chi connectivity index (χ4n) is 3.25. The molecule has 0 spiro atoms. The summed E-state index contributed by atoms with van der Waals surface area (Å²) >= 11 is 5.99. The molecule has 4 nitrogen and oxygen atoms in total. The SMILES string of the molecule is Clc1ccc(N2CCCC(Nc3ccc4[nH]ncc4c3)C2)cc1. The Morgan fingerprint density at radius 3 is 2.91 bits per heavy atom. The second-order valence-electron chi connectivity index (χ2n) is 6.08.